The molecule has 2 aliphatic heterocycles. The van der Waals surface area contributed by atoms with Gasteiger partial charge in [0.1, 0.15) is 11.7 Å². The Bertz CT molecular complexity index is 635. The molecule has 3 aliphatic rings. The average molecular weight is 398 g/mol. The van der Waals surface area contributed by atoms with Crippen LogP contribution in [0.5, 0.6) is 0 Å². The minimum atomic E-state index is -1.61. The Labute approximate surface area is 168 Å². The lowest BCUT2D eigenvalue weighted by molar-refractivity contribution is -0.452. The highest BCUT2D eigenvalue weighted by Crippen LogP contribution is 2.56. The first-order valence-corrected chi connectivity index (χ1v) is 10.2. The maximum absolute atomic E-state index is 13.0. The average Bonchev–Trinajstić information content (AvgIpc) is 3.35. The molecule has 1 amide bonds. The van der Waals surface area contributed by atoms with Crippen LogP contribution in [-0.4, -0.2) is 64.7 Å². The van der Waals surface area contributed by atoms with Crippen LogP contribution in [0.25, 0.3) is 0 Å². The number of methoxy groups -OCH3 is 1. The van der Waals surface area contributed by atoms with E-state index in [1.54, 1.807) is 13.8 Å². The Kier molecular flexibility index (Phi) is 5.37. The Morgan fingerprint density at radius 1 is 1.29 bits per heavy atom. The van der Waals surface area contributed by atoms with Gasteiger partial charge in [-0.1, -0.05) is 19.1 Å². The predicted octanol–water partition coefficient (Wildman–Crippen LogP) is 3.21. The molecule has 0 radical (unpaired) electrons. The van der Waals surface area contributed by atoms with Crippen LogP contribution in [0.3, 0.4) is 0 Å². The number of amides is 1. The molecular formula is C21H35NO6. The van der Waals surface area contributed by atoms with E-state index in [4.69, 9.17) is 18.9 Å². The summed E-state index contributed by atoms with van der Waals surface area (Å²) in [6.07, 6.45) is 5.68. The zero-order valence-corrected chi connectivity index (χ0v) is 18.2. The topological polar surface area (TPSA) is 77.5 Å². The van der Waals surface area contributed by atoms with Gasteiger partial charge in [-0.05, 0) is 53.9 Å². The van der Waals surface area contributed by atoms with Crippen molar-refractivity contribution in [2.24, 2.45) is 5.92 Å². The molecule has 0 aromatic rings. The van der Waals surface area contributed by atoms with Gasteiger partial charge in [0.25, 0.3) is 0 Å². The molecule has 2 heterocycles. The summed E-state index contributed by atoms with van der Waals surface area (Å²) in [7, 11) is 1.48. The number of rotatable bonds is 3. The maximum atomic E-state index is 13.0. The minimum Gasteiger partial charge on any atom is -0.444 e. The van der Waals surface area contributed by atoms with Crippen molar-refractivity contribution in [1.29, 1.82) is 0 Å². The van der Waals surface area contributed by atoms with E-state index in [-0.39, 0.29) is 23.7 Å². The highest BCUT2D eigenvalue weighted by atomic mass is 16.8. The maximum Gasteiger partial charge on any atom is 0.410 e. The van der Waals surface area contributed by atoms with Gasteiger partial charge in [-0.2, -0.15) is 0 Å². The van der Waals surface area contributed by atoms with Crippen LogP contribution < -0.4 is 0 Å². The third-order valence-corrected chi connectivity index (χ3v) is 6.17. The summed E-state index contributed by atoms with van der Waals surface area (Å²) >= 11 is 0. The van der Waals surface area contributed by atoms with Gasteiger partial charge in [0.15, 0.2) is 0 Å². The number of hydrogen-bond donors (Lipinski definition) is 1. The number of allylic oxidation sites excluding steroid dienone is 1. The van der Waals surface area contributed by atoms with Gasteiger partial charge in [0.05, 0.1) is 18.2 Å². The Hall–Kier alpha value is -1.15. The van der Waals surface area contributed by atoms with Crippen LogP contribution in [0, 0.1) is 5.92 Å². The number of aliphatic hydroxyl groups is 1. The van der Waals surface area contributed by atoms with E-state index >= 15 is 0 Å². The normalized spacial score (nSPS) is 39.9. The smallest absolute Gasteiger partial charge is 0.410 e. The highest BCUT2D eigenvalue weighted by Gasteiger charge is 2.67. The molecule has 28 heavy (non-hydrogen) atoms. The SMILES string of the molecule is CC/C=C/[C@@H]1[C@H]2O[C@](C)(O)[C@@](C)(OC)O[C@@H]2CN(C(=O)OC(C)(C)C)C12CC2. The number of hydrogen-bond acceptors (Lipinski definition) is 6. The monoisotopic (exact) mass is 397 g/mol. The number of likely N-dealkylation sites (tertiary alicyclic amines) is 1. The van der Waals surface area contributed by atoms with Crippen LogP contribution >= 0.6 is 0 Å². The van der Waals surface area contributed by atoms with Crippen molar-refractivity contribution in [1.82, 2.24) is 4.90 Å². The molecule has 160 valence electrons. The van der Waals surface area contributed by atoms with Gasteiger partial charge in [0, 0.05) is 13.0 Å². The first kappa shape index (κ1) is 21.6. The highest BCUT2D eigenvalue weighted by molar-refractivity contribution is 5.70. The second-order valence-corrected chi connectivity index (χ2v) is 9.43. The number of carbonyl (C=O) groups is 1. The van der Waals surface area contributed by atoms with Gasteiger partial charge < -0.3 is 24.1 Å². The summed E-state index contributed by atoms with van der Waals surface area (Å²) < 4.78 is 23.5. The number of ether oxygens (including phenoxy) is 4. The molecule has 0 aromatic carbocycles. The van der Waals surface area contributed by atoms with E-state index in [0.717, 1.165) is 19.3 Å². The minimum absolute atomic E-state index is 0.0911. The fraction of sp³-hybridized carbons (Fsp3) is 0.857. The van der Waals surface area contributed by atoms with Crippen molar-refractivity contribution in [2.75, 3.05) is 13.7 Å². The zero-order chi connectivity index (χ0) is 21.0. The third kappa shape index (κ3) is 3.58. The van der Waals surface area contributed by atoms with E-state index in [0.29, 0.717) is 6.54 Å². The lowest BCUT2D eigenvalue weighted by Crippen LogP contribution is -2.72. The van der Waals surface area contributed by atoms with E-state index < -0.39 is 23.3 Å². The fourth-order valence-corrected chi connectivity index (χ4v) is 4.32. The Morgan fingerprint density at radius 2 is 1.93 bits per heavy atom. The lowest BCUT2D eigenvalue weighted by atomic mass is 9.80. The molecule has 7 heteroatoms. The summed E-state index contributed by atoms with van der Waals surface area (Å²) in [4.78, 5) is 14.8. The van der Waals surface area contributed by atoms with Crippen LogP contribution in [0.2, 0.25) is 0 Å². The van der Waals surface area contributed by atoms with Gasteiger partial charge in [-0.15, -0.1) is 0 Å². The Morgan fingerprint density at radius 3 is 2.43 bits per heavy atom. The molecule has 1 saturated carbocycles. The van der Waals surface area contributed by atoms with E-state index in [9.17, 15) is 9.90 Å². The van der Waals surface area contributed by atoms with Crippen molar-refractivity contribution >= 4 is 6.09 Å². The number of piperidine rings is 1. The van der Waals surface area contributed by atoms with Crippen molar-refractivity contribution in [3.05, 3.63) is 12.2 Å². The van der Waals surface area contributed by atoms with Gasteiger partial charge in [-0.3, -0.25) is 4.90 Å². The first-order chi connectivity index (χ1) is 12.9. The van der Waals surface area contributed by atoms with Crippen molar-refractivity contribution < 1.29 is 28.8 Å². The molecule has 7 nitrogen and oxygen atoms in total. The predicted molar refractivity (Wildman–Crippen MR) is 104 cm³/mol. The summed E-state index contributed by atoms with van der Waals surface area (Å²) in [6, 6.07) is 0. The van der Waals surface area contributed by atoms with E-state index in [1.807, 2.05) is 25.7 Å². The number of carbonyl (C=O) groups excluding carboxylic acids is 1. The number of fused-ring (bicyclic) bond motifs is 1. The van der Waals surface area contributed by atoms with Crippen molar-refractivity contribution in [3.8, 4) is 0 Å². The Balaban J connectivity index is 1.96. The quantitative estimate of drug-likeness (QED) is 0.737. The van der Waals surface area contributed by atoms with Gasteiger partial charge >= 0.3 is 6.09 Å². The van der Waals surface area contributed by atoms with Crippen LogP contribution in [0.4, 0.5) is 4.79 Å². The molecule has 2 saturated heterocycles. The molecular weight excluding hydrogens is 362 g/mol. The van der Waals surface area contributed by atoms with Crippen molar-refractivity contribution in [3.63, 3.8) is 0 Å². The lowest BCUT2D eigenvalue weighted by Gasteiger charge is -2.57. The van der Waals surface area contributed by atoms with Crippen LogP contribution in [0.1, 0.15) is 60.8 Å². The summed E-state index contributed by atoms with van der Waals surface area (Å²) in [5.41, 5.74) is -0.928. The molecule has 0 unspecified atom stereocenters. The molecule has 1 aliphatic carbocycles. The van der Waals surface area contributed by atoms with Crippen LogP contribution in [-0.2, 0) is 18.9 Å². The summed E-state index contributed by atoms with van der Waals surface area (Å²) in [5, 5.41) is 10.9. The molecule has 3 fully saturated rings. The summed E-state index contributed by atoms with van der Waals surface area (Å²) in [5.74, 6) is -3.03. The van der Waals surface area contributed by atoms with Gasteiger partial charge in [-0.25, -0.2) is 4.79 Å². The van der Waals surface area contributed by atoms with Crippen LogP contribution in [0.15, 0.2) is 12.2 Å². The van der Waals surface area contributed by atoms with E-state index in [1.165, 1.54) is 7.11 Å². The zero-order valence-electron chi connectivity index (χ0n) is 18.2. The molecule has 0 aromatic heterocycles. The van der Waals surface area contributed by atoms with E-state index in [2.05, 4.69) is 19.1 Å². The standard InChI is InChI=1S/C21H35NO6/c1-8-9-10-14-16-15(26-20(6,25-7)19(5,24)27-16)13-22(21(14)11-12-21)17(23)28-18(2,3)4/h9-10,14-16,24H,8,11-13H2,1-7H3/b10-9+/t14-,15-,16-,19+,20+/m1/s1. The van der Waals surface area contributed by atoms with Crippen molar-refractivity contribution in [2.45, 2.75) is 95.7 Å². The third-order valence-electron chi connectivity index (χ3n) is 6.17. The molecule has 3 rings (SSSR count). The molecule has 5 atom stereocenters. The number of nitrogens with zero attached hydrogens (tertiary/aromatic N) is 1. The molecule has 1 N–H and O–H groups in total. The molecule has 1 spiro atoms. The second kappa shape index (κ2) is 6.97. The molecule has 0 bridgehead atoms. The largest absolute Gasteiger partial charge is 0.444 e. The van der Waals surface area contributed by atoms with Gasteiger partial charge in [0.2, 0.25) is 11.6 Å². The first-order valence-electron chi connectivity index (χ1n) is 10.2. The second-order valence-electron chi connectivity index (χ2n) is 9.43. The summed E-state index contributed by atoms with van der Waals surface area (Å²) in [6.45, 7) is 11.2. The fourth-order valence-electron chi connectivity index (χ4n) is 4.32.